The van der Waals surface area contributed by atoms with Gasteiger partial charge >= 0.3 is 0 Å². The molecule has 2 aromatic rings. The molecular weight excluding hydrogens is 352 g/mol. The third-order valence-electron chi connectivity index (χ3n) is 3.58. The molecule has 0 radical (unpaired) electrons. The quantitative estimate of drug-likeness (QED) is 0.525. The summed E-state index contributed by atoms with van der Waals surface area (Å²) in [7, 11) is 1.60. The molecule has 5 heteroatoms. The molecule has 0 saturated heterocycles. The molecule has 140 valence electrons. The van der Waals surface area contributed by atoms with Crippen LogP contribution in [0.5, 0.6) is 23.0 Å². The van der Waals surface area contributed by atoms with Gasteiger partial charge in [-0.15, -0.1) is 0 Å². The zero-order valence-corrected chi connectivity index (χ0v) is 16.4. The Balaban J connectivity index is 2.37. The van der Waals surface area contributed by atoms with Crippen LogP contribution in [-0.2, 0) is 0 Å². The van der Waals surface area contributed by atoms with Crippen molar-refractivity contribution in [2.45, 2.75) is 20.8 Å². The van der Waals surface area contributed by atoms with Crippen molar-refractivity contribution in [1.82, 2.24) is 0 Å². The molecule has 0 aliphatic heterocycles. The molecule has 0 aliphatic carbocycles. The summed E-state index contributed by atoms with van der Waals surface area (Å²) in [4.78, 5) is 0. The van der Waals surface area contributed by atoms with Crippen LogP contribution in [0.4, 0.5) is 0 Å². The average molecular weight is 377 g/mol. The van der Waals surface area contributed by atoms with Crippen molar-refractivity contribution in [3.8, 4) is 23.0 Å². The van der Waals surface area contributed by atoms with Crippen LogP contribution >= 0.6 is 11.6 Å². The second-order valence-corrected chi connectivity index (χ2v) is 5.78. The Morgan fingerprint density at radius 2 is 1.35 bits per heavy atom. The van der Waals surface area contributed by atoms with Gasteiger partial charge in [-0.05, 0) is 56.2 Å². The van der Waals surface area contributed by atoms with Gasteiger partial charge in [-0.1, -0.05) is 29.8 Å². The van der Waals surface area contributed by atoms with E-state index in [1.54, 1.807) is 7.11 Å². The fourth-order valence-corrected chi connectivity index (χ4v) is 2.75. The van der Waals surface area contributed by atoms with E-state index in [2.05, 4.69) is 0 Å². The van der Waals surface area contributed by atoms with E-state index >= 15 is 0 Å². The zero-order valence-electron chi connectivity index (χ0n) is 15.7. The van der Waals surface area contributed by atoms with Gasteiger partial charge in [0.1, 0.15) is 5.75 Å². The number of ether oxygens (including phenoxy) is 4. The first kappa shape index (κ1) is 20.0. The van der Waals surface area contributed by atoms with E-state index in [0.717, 1.165) is 11.1 Å². The number of halogens is 1. The van der Waals surface area contributed by atoms with Gasteiger partial charge < -0.3 is 18.9 Å². The fraction of sp³-hybridized carbons (Fsp3) is 0.333. The number of methoxy groups -OCH3 is 1. The summed E-state index contributed by atoms with van der Waals surface area (Å²) >= 11 is 6.18. The van der Waals surface area contributed by atoms with E-state index in [1.165, 1.54) is 0 Å². The zero-order chi connectivity index (χ0) is 18.9. The highest BCUT2D eigenvalue weighted by molar-refractivity contribution is 6.32. The molecular formula is C21H25ClO4. The van der Waals surface area contributed by atoms with Crippen molar-refractivity contribution in [3.63, 3.8) is 0 Å². The fourth-order valence-electron chi connectivity index (χ4n) is 2.48. The lowest BCUT2D eigenvalue weighted by Crippen LogP contribution is -2.02. The second-order valence-electron chi connectivity index (χ2n) is 5.37. The van der Waals surface area contributed by atoms with E-state index in [-0.39, 0.29) is 0 Å². The van der Waals surface area contributed by atoms with Crippen molar-refractivity contribution >= 4 is 23.8 Å². The van der Waals surface area contributed by atoms with Crippen LogP contribution in [0.15, 0.2) is 30.3 Å². The van der Waals surface area contributed by atoms with Gasteiger partial charge in [0.2, 0.25) is 5.75 Å². The van der Waals surface area contributed by atoms with Gasteiger partial charge in [0.05, 0.1) is 32.0 Å². The molecule has 0 heterocycles. The molecule has 0 aromatic heterocycles. The molecule has 26 heavy (non-hydrogen) atoms. The average Bonchev–Trinajstić information content (AvgIpc) is 2.63. The van der Waals surface area contributed by atoms with E-state index in [9.17, 15) is 0 Å². The van der Waals surface area contributed by atoms with Gasteiger partial charge in [0.15, 0.2) is 11.5 Å². The van der Waals surface area contributed by atoms with Crippen molar-refractivity contribution in [1.29, 1.82) is 0 Å². The molecule has 2 aromatic carbocycles. The summed E-state index contributed by atoms with van der Waals surface area (Å²) in [5.74, 6) is 2.64. The maximum atomic E-state index is 6.18. The molecule has 2 rings (SSSR count). The standard InChI is InChI=1S/C21H25ClO4/c1-5-24-19-13-16(14-20(25-6-2)21(19)26-7-3)9-8-15-10-11-18(23-4)17(22)12-15/h8-14H,5-7H2,1-4H3/b9-8-. The Morgan fingerprint density at radius 1 is 0.769 bits per heavy atom. The SMILES string of the molecule is CCOc1cc(/C=C\c2ccc(OC)c(Cl)c2)cc(OCC)c1OCC. The summed E-state index contributed by atoms with van der Waals surface area (Å²) in [5.41, 5.74) is 1.92. The third kappa shape index (κ3) is 5.09. The highest BCUT2D eigenvalue weighted by Gasteiger charge is 2.14. The lowest BCUT2D eigenvalue weighted by Gasteiger charge is -2.16. The minimum Gasteiger partial charge on any atom is -0.495 e. The topological polar surface area (TPSA) is 36.9 Å². The third-order valence-corrected chi connectivity index (χ3v) is 3.87. The van der Waals surface area contributed by atoms with Crippen LogP contribution in [0.1, 0.15) is 31.9 Å². The second kappa shape index (κ2) is 9.97. The van der Waals surface area contributed by atoms with Gasteiger partial charge in [0.25, 0.3) is 0 Å². The summed E-state index contributed by atoms with van der Waals surface area (Å²) in [6, 6.07) is 9.54. The van der Waals surface area contributed by atoms with Gasteiger partial charge in [-0.3, -0.25) is 0 Å². The maximum Gasteiger partial charge on any atom is 0.203 e. The monoisotopic (exact) mass is 376 g/mol. The highest BCUT2D eigenvalue weighted by Crippen LogP contribution is 2.39. The first-order valence-electron chi connectivity index (χ1n) is 8.70. The Hall–Kier alpha value is -2.33. The molecule has 0 bridgehead atoms. The van der Waals surface area contributed by atoms with E-state index in [1.807, 2.05) is 63.3 Å². The minimum absolute atomic E-state index is 0.541. The van der Waals surface area contributed by atoms with Gasteiger partial charge in [0, 0.05) is 0 Å². The van der Waals surface area contributed by atoms with Crippen LogP contribution in [0.2, 0.25) is 5.02 Å². The molecule has 0 aliphatic rings. The molecule has 0 fully saturated rings. The summed E-state index contributed by atoms with van der Waals surface area (Å²) < 4.78 is 22.4. The lowest BCUT2D eigenvalue weighted by molar-refractivity contribution is 0.260. The van der Waals surface area contributed by atoms with Crippen LogP contribution in [0.3, 0.4) is 0 Å². The van der Waals surface area contributed by atoms with E-state index in [0.29, 0.717) is 47.8 Å². The Kier molecular flexibility index (Phi) is 7.67. The van der Waals surface area contributed by atoms with Crippen LogP contribution in [-0.4, -0.2) is 26.9 Å². The molecule has 0 saturated carbocycles. The number of hydrogen-bond acceptors (Lipinski definition) is 4. The van der Waals surface area contributed by atoms with Crippen molar-refractivity contribution in [2.24, 2.45) is 0 Å². The van der Waals surface area contributed by atoms with Crippen LogP contribution in [0, 0.1) is 0 Å². The maximum absolute atomic E-state index is 6.18. The summed E-state index contributed by atoms with van der Waals surface area (Å²) in [6.07, 6.45) is 3.96. The lowest BCUT2D eigenvalue weighted by atomic mass is 10.1. The molecule has 0 spiro atoms. The van der Waals surface area contributed by atoms with E-state index < -0.39 is 0 Å². The first-order valence-corrected chi connectivity index (χ1v) is 9.08. The predicted octanol–water partition coefficient (Wildman–Crippen LogP) is 5.72. The van der Waals surface area contributed by atoms with Crippen LogP contribution < -0.4 is 18.9 Å². The number of hydrogen-bond donors (Lipinski definition) is 0. The van der Waals surface area contributed by atoms with Crippen molar-refractivity contribution in [2.75, 3.05) is 26.9 Å². The predicted molar refractivity (Wildman–Crippen MR) is 107 cm³/mol. The first-order chi connectivity index (χ1) is 12.6. The van der Waals surface area contributed by atoms with Gasteiger partial charge in [-0.25, -0.2) is 0 Å². The summed E-state index contributed by atoms with van der Waals surface area (Å²) in [5, 5.41) is 0.575. The number of benzene rings is 2. The smallest absolute Gasteiger partial charge is 0.203 e. The molecule has 0 unspecified atom stereocenters. The molecule has 0 atom stereocenters. The Labute approximate surface area is 160 Å². The van der Waals surface area contributed by atoms with Crippen molar-refractivity contribution < 1.29 is 18.9 Å². The summed E-state index contributed by atoms with van der Waals surface area (Å²) in [6.45, 7) is 7.46. The Morgan fingerprint density at radius 3 is 1.85 bits per heavy atom. The van der Waals surface area contributed by atoms with E-state index in [4.69, 9.17) is 30.5 Å². The highest BCUT2D eigenvalue weighted by atomic mass is 35.5. The largest absolute Gasteiger partial charge is 0.495 e. The minimum atomic E-state index is 0.541. The van der Waals surface area contributed by atoms with Crippen LogP contribution in [0.25, 0.3) is 12.2 Å². The Bertz CT molecular complexity index is 729. The van der Waals surface area contributed by atoms with Crippen molar-refractivity contribution in [3.05, 3.63) is 46.5 Å². The van der Waals surface area contributed by atoms with Gasteiger partial charge in [-0.2, -0.15) is 0 Å². The normalized spacial score (nSPS) is 10.8. The number of rotatable bonds is 9. The molecule has 0 amide bonds. The molecule has 4 nitrogen and oxygen atoms in total. The molecule has 0 N–H and O–H groups in total.